The number of allylic oxidation sites excluding steroid dienone is 9. The third-order valence-electron chi connectivity index (χ3n) is 12.6. The molecular weight excluding hydrogens is 723 g/mol. The summed E-state index contributed by atoms with van der Waals surface area (Å²) >= 11 is 0. The van der Waals surface area contributed by atoms with Gasteiger partial charge < -0.3 is 10.2 Å². The van der Waals surface area contributed by atoms with Gasteiger partial charge in [-0.05, 0) is 104 Å². The summed E-state index contributed by atoms with van der Waals surface area (Å²) in [4.78, 5) is 15.5. The topological polar surface area (TPSA) is 104 Å². The van der Waals surface area contributed by atoms with Crippen molar-refractivity contribution >= 4 is 38.7 Å². The molecule has 0 fully saturated rings. The fourth-order valence-corrected chi connectivity index (χ4v) is 9.09. The maximum Gasteiger partial charge on any atom is 0.290 e. The van der Waals surface area contributed by atoms with E-state index in [1.165, 1.54) is 60.8 Å². The molecule has 0 aromatic heterocycles. The number of fused-ring (bicyclic) bond motifs is 4. The summed E-state index contributed by atoms with van der Waals surface area (Å²) in [6, 6.07) is 37.6. The molecule has 0 radical (unpaired) electrons. The highest BCUT2D eigenvalue weighted by Gasteiger charge is 2.41. The lowest BCUT2D eigenvalue weighted by atomic mass is 9.74. The number of benzene rings is 5. The number of Topliss-reactive ketones (excluding diaryl/α,β-unsaturated/α-hetero) is 1. The van der Waals surface area contributed by atoms with Crippen molar-refractivity contribution in [3.8, 4) is 18.2 Å². The molecule has 0 bridgehead atoms. The third kappa shape index (κ3) is 7.05. The van der Waals surface area contributed by atoms with E-state index in [-0.39, 0.29) is 16.4 Å². The van der Waals surface area contributed by atoms with Crippen LogP contribution in [0.3, 0.4) is 0 Å². The Morgan fingerprint density at radius 2 is 1.47 bits per heavy atom. The number of nitrogens with zero attached hydrogens (tertiary/aromatic N) is 4. The molecule has 1 aliphatic heterocycles. The Morgan fingerprint density at radius 3 is 2.14 bits per heavy atom. The summed E-state index contributed by atoms with van der Waals surface area (Å²) in [5.41, 5.74) is 8.90. The van der Waals surface area contributed by atoms with E-state index in [2.05, 4.69) is 149 Å². The van der Waals surface area contributed by atoms with E-state index in [1.807, 2.05) is 19.2 Å². The van der Waals surface area contributed by atoms with E-state index in [9.17, 15) is 20.6 Å². The van der Waals surface area contributed by atoms with E-state index >= 15 is 0 Å². The van der Waals surface area contributed by atoms with Gasteiger partial charge in [-0.25, -0.2) is 0 Å². The first-order chi connectivity index (χ1) is 28.3. The summed E-state index contributed by atoms with van der Waals surface area (Å²) in [7, 11) is 4.12. The summed E-state index contributed by atoms with van der Waals surface area (Å²) in [6.45, 7) is 13.7. The van der Waals surface area contributed by atoms with Crippen LogP contribution >= 0.6 is 0 Å². The quantitative estimate of drug-likeness (QED) is 0.112. The molecule has 0 unspecified atom stereocenters. The predicted octanol–water partition coefficient (Wildman–Crippen LogP) is 12.1. The van der Waals surface area contributed by atoms with Crippen molar-refractivity contribution < 1.29 is 4.79 Å². The fraction of sp³-hybridized carbons (Fsp3) is 0.245. The summed E-state index contributed by atoms with van der Waals surface area (Å²) in [6.07, 6.45) is 12.4. The molecule has 0 spiro atoms. The number of anilines is 2. The van der Waals surface area contributed by atoms with Gasteiger partial charge in [-0.2, -0.15) is 15.8 Å². The first-order valence-corrected chi connectivity index (χ1v) is 20.2. The van der Waals surface area contributed by atoms with Crippen molar-refractivity contribution in [3.05, 3.63) is 178 Å². The summed E-state index contributed by atoms with van der Waals surface area (Å²) < 4.78 is 0. The Morgan fingerprint density at radius 1 is 0.847 bits per heavy atom. The minimum atomic E-state index is -2.38. The first-order valence-electron chi connectivity index (χ1n) is 20.2. The van der Waals surface area contributed by atoms with Crippen LogP contribution in [0.2, 0.25) is 0 Å². The van der Waals surface area contributed by atoms with Crippen molar-refractivity contribution in [2.75, 3.05) is 24.3 Å². The van der Waals surface area contributed by atoms with Gasteiger partial charge in [0.15, 0.2) is 0 Å². The van der Waals surface area contributed by atoms with Gasteiger partial charge in [-0.15, -0.1) is 0 Å². The van der Waals surface area contributed by atoms with Gasteiger partial charge in [0.05, 0.1) is 0 Å². The molecule has 6 nitrogen and oxygen atoms in total. The third-order valence-corrected chi connectivity index (χ3v) is 12.6. The lowest BCUT2D eigenvalue weighted by Crippen LogP contribution is -2.26. The zero-order valence-electron chi connectivity index (χ0n) is 34.8. The molecule has 0 amide bonds. The lowest BCUT2D eigenvalue weighted by Gasteiger charge is -2.30. The van der Waals surface area contributed by atoms with Crippen molar-refractivity contribution in [1.29, 1.82) is 15.8 Å². The van der Waals surface area contributed by atoms with Crippen LogP contribution in [-0.2, 0) is 17.3 Å². The van der Waals surface area contributed by atoms with Crippen LogP contribution in [0.15, 0.2) is 156 Å². The van der Waals surface area contributed by atoms with Crippen LogP contribution in [0.4, 0.5) is 11.4 Å². The monoisotopic (exact) mass is 771 g/mol. The van der Waals surface area contributed by atoms with Gasteiger partial charge in [0.25, 0.3) is 5.41 Å². The standard InChI is InChI=1S/C53H49N5O/c1-35(51(2,3)48-42-17-10-8-13-37(42)25-28-45(48)57-6)19-22-39-15-12-16-40(44(39)31-36-20-23-41(24-21-36)50(59)53(32-54,33-55)34-56)27-30-47-52(4,5)49-43-18-11-9-14-38(43)26-29-46(49)58(47)7/h8-11,13-14,17-30,57H,1,12,15-16,31H2,2-7H3/b22-19+,40-27+,47-30+. The van der Waals surface area contributed by atoms with E-state index in [4.69, 9.17) is 0 Å². The molecule has 7 rings (SSSR count). The number of nitrogens with one attached hydrogen (secondary N) is 1. The average molecular weight is 772 g/mol. The largest absolute Gasteiger partial charge is 0.388 e. The fourth-order valence-electron chi connectivity index (χ4n) is 9.09. The van der Waals surface area contributed by atoms with Crippen molar-refractivity contribution in [2.45, 2.75) is 64.2 Å². The number of ketones is 1. The number of rotatable bonds is 10. The maximum atomic E-state index is 13.1. The number of hydrogen-bond acceptors (Lipinski definition) is 6. The molecule has 1 aliphatic carbocycles. The van der Waals surface area contributed by atoms with Crippen LogP contribution in [0.25, 0.3) is 21.5 Å². The molecule has 6 heteroatoms. The lowest BCUT2D eigenvalue weighted by molar-refractivity contribution is 0.0939. The maximum absolute atomic E-state index is 13.1. The Bertz CT molecular complexity index is 2750. The zero-order chi connectivity index (χ0) is 42.1. The summed E-state index contributed by atoms with van der Waals surface area (Å²) in [5, 5.41) is 36.9. The van der Waals surface area contributed by atoms with Gasteiger partial charge in [0.1, 0.15) is 18.2 Å². The van der Waals surface area contributed by atoms with E-state index in [0.29, 0.717) is 6.42 Å². The van der Waals surface area contributed by atoms with Gasteiger partial charge in [0.2, 0.25) is 5.78 Å². The Kier molecular flexibility index (Phi) is 10.8. The highest BCUT2D eigenvalue weighted by molar-refractivity contribution is 6.06. The van der Waals surface area contributed by atoms with E-state index in [0.717, 1.165) is 36.1 Å². The second-order valence-corrected chi connectivity index (χ2v) is 16.7. The highest BCUT2D eigenvalue weighted by atomic mass is 16.1. The number of nitriles is 3. The zero-order valence-corrected chi connectivity index (χ0v) is 34.8. The van der Waals surface area contributed by atoms with Crippen LogP contribution < -0.4 is 10.2 Å². The van der Waals surface area contributed by atoms with Crippen LogP contribution in [0.1, 0.15) is 74.0 Å². The second kappa shape index (κ2) is 15.8. The SMILES string of the molecule is C=C(/C=C/C1=C(Cc2ccc(C(=O)C(C#N)(C#N)C#N)cc2)C(=C/C=C2/N(C)c3ccc4ccccc4c3C2(C)C)/CCC1)C(C)(C)c1c(NC)ccc2ccccc12. The Balaban J connectivity index is 1.30. The minimum absolute atomic E-state index is 0.156. The van der Waals surface area contributed by atoms with Gasteiger partial charge in [0, 0.05) is 47.6 Å². The average Bonchev–Trinajstić information content (AvgIpc) is 3.46. The molecule has 0 saturated carbocycles. The van der Waals surface area contributed by atoms with Crippen molar-refractivity contribution in [1.82, 2.24) is 0 Å². The molecule has 5 aromatic rings. The smallest absolute Gasteiger partial charge is 0.290 e. The van der Waals surface area contributed by atoms with Crippen LogP contribution in [-0.4, -0.2) is 19.9 Å². The molecule has 59 heavy (non-hydrogen) atoms. The minimum Gasteiger partial charge on any atom is -0.388 e. The predicted molar refractivity (Wildman–Crippen MR) is 241 cm³/mol. The number of hydrogen-bond donors (Lipinski definition) is 1. The van der Waals surface area contributed by atoms with Gasteiger partial charge in [-0.1, -0.05) is 137 Å². The van der Waals surface area contributed by atoms with Gasteiger partial charge >= 0.3 is 0 Å². The highest BCUT2D eigenvalue weighted by Crippen LogP contribution is 2.50. The molecule has 1 N–H and O–H groups in total. The molecule has 0 saturated heterocycles. The van der Waals surface area contributed by atoms with Crippen molar-refractivity contribution in [2.24, 2.45) is 5.41 Å². The van der Waals surface area contributed by atoms with E-state index in [1.54, 1.807) is 30.3 Å². The molecule has 5 aromatic carbocycles. The van der Waals surface area contributed by atoms with Crippen molar-refractivity contribution in [3.63, 3.8) is 0 Å². The molecule has 292 valence electrons. The summed E-state index contributed by atoms with van der Waals surface area (Å²) in [5.74, 6) is -0.810. The normalized spacial score (nSPS) is 16.6. The second-order valence-electron chi connectivity index (χ2n) is 16.7. The molecule has 2 aliphatic rings. The Hall–Kier alpha value is -6.94. The number of carbonyl (C=O) groups excluding carboxylic acids is 1. The van der Waals surface area contributed by atoms with Crippen LogP contribution in [0, 0.1) is 39.4 Å². The van der Waals surface area contributed by atoms with Gasteiger partial charge in [-0.3, -0.25) is 4.79 Å². The van der Waals surface area contributed by atoms with Crippen LogP contribution in [0.5, 0.6) is 0 Å². The number of likely N-dealkylation sites (N-methyl/N-ethyl adjacent to an activating group) is 1. The molecule has 1 heterocycles. The number of carbonyl (C=O) groups is 1. The first kappa shape index (κ1) is 40.3. The Labute approximate surface area is 348 Å². The molecule has 0 atom stereocenters. The molecular formula is C53H49N5O. The van der Waals surface area contributed by atoms with E-state index < -0.39 is 11.2 Å².